The zero-order valence-corrected chi connectivity index (χ0v) is 9.37. The van der Waals surface area contributed by atoms with Crippen LogP contribution in [0.15, 0.2) is 18.2 Å². The van der Waals surface area contributed by atoms with Crippen LogP contribution in [0.1, 0.15) is 11.1 Å². The van der Waals surface area contributed by atoms with E-state index >= 15 is 0 Å². The van der Waals surface area contributed by atoms with Gasteiger partial charge >= 0.3 is 0 Å². The molecule has 0 fully saturated rings. The standard InChI is InChI=1S/C11H17NO3/c1-13-8-10-6-9(7-12-15-3)4-5-11(10)14-2/h4-6,12H,7-8H2,1-3H3. The average Bonchev–Trinajstić information content (AvgIpc) is 2.27. The van der Waals surface area contributed by atoms with Crippen LogP contribution in [-0.2, 0) is 22.7 Å². The van der Waals surface area contributed by atoms with Gasteiger partial charge in [-0.05, 0) is 17.7 Å². The predicted molar refractivity (Wildman–Crippen MR) is 57.6 cm³/mol. The lowest BCUT2D eigenvalue weighted by molar-refractivity contribution is 0.0866. The lowest BCUT2D eigenvalue weighted by Gasteiger charge is -2.10. The van der Waals surface area contributed by atoms with E-state index in [0.717, 1.165) is 16.9 Å². The predicted octanol–water partition coefficient (Wildman–Crippen LogP) is 1.49. The molecule has 4 heteroatoms. The first-order valence-corrected chi connectivity index (χ1v) is 4.72. The first-order chi connectivity index (χ1) is 7.31. The van der Waals surface area contributed by atoms with E-state index in [1.54, 1.807) is 21.3 Å². The maximum absolute atomic E-state index is 5.23. The lowest BCUT2D eigenvalue weighted by Crippen LogP contribution is -2.11. The zero-order chi connectivity index (χ0) is 11.1. The zero-order valence-electron chi connectivity index (χ0n) is 9.37. The van der Waals surface area contributed by atoms with Gasteiger partial charge in [-0.25, -0.2) is 0 Å². The number of methoxy groups -OCH3 is 2. The Hall–Kier alpha value is -1.10. The molecule has 0 unspecified atom stereocenters. The van der Waals surface area contributed by atoms with Crippen LogP contribution in [0, 0.1) is 0 Å². The summed E-state index contributed by atoms with van der Waals surface area (Å²) in [5.74, 6) is 0.845. The van der Waals surface area contributed by atoms with Gasteiger partial charge in [-0.1, -0.05) is 6.07 Å². The van der Waals surface area contributed by atoms with Crippen molar-refractivity contribution < 1.29 is 14.3 Å². The van der Waals surface area contributed by atoms with Crippen molar-refractivity contribution in [2.45, 2.75) is 13.2 Å². The molecule has 0 amide bonds. The van der Waals surface area contributed by atoms with Crippen LogP contribution >= 0.6 is 0 Å². The Bertz CT molecular complexity index is 302. The van der Waals surface area contributed by atoms with E-state index in [1.807, 2.05) is 18.2 Å². The number of nitrogens with one attached hydrogen (secondary N) is 1. The van der Waals surface area contributed by atoms with Crippen molar-refractivity contribution in [3.63, 3.8) is 0 Å². The summed E-state index contributed by atoms with van der Waals surface area (Å²) >= 11 is 0. The Morgan fingerprint density at radius 2 is 2.00 bits per heavy atom. The molecule has 1 aromatic rings. The van der Waals surface area contributed by atoms with Crippen LogP contribution in [-0.4, -0.2) is 21.3 Å². The van der Waals surface area contributed by atoms with Gasteiger partial charge in [0.1, 0.15) is 5.75 Å². The SMILES string of the molecule is COCc1cc(CNOC)ccc1OC. The van der Waals surface area contributed by atoms with E-state index < -0.39 is 0 Å². The number of hydrogen-bond acceptors (Lipinski definition) is 4. The van der Waals surface area contributed by atoms with E-state index in [1.165, 1.54) is 0 Å². The molecule has 1 N–H and O–H groups in total. The lowest BCUT2D eigenvalue weighted by atomic mass is 10.1. The van der Waals surface area contributed by atoms with Crippen LogP contribution in [0.2, 0.25) is 0 Å². The molecule has 0 saturated heterocycles. The fourth-order valence-corrected chi connectivity index (χ4v) is 1.37. The highest BCUT2D eigenvalue weighted by atomic mass is 16.6. The molecule has 0 aliphatic rings. The molecule has 1 aromatic carbocycles. The fraction of sp³-hybridized carbons (Fsp3) is 0.455. The van der Waals surface area contributed by atoms with Crippen LogP contribution in [0.5, 0.6) is 5.75 Å². The molecule has 0 saturated carbocycles. The summed E-state index contributed by atoms with van der Waals surface area (Å²) in [4.78, 5) is 4.79. The second kappa shape index (κ2) is 6.40. The van der Waals surface area contributed by atoms with Crippen molar-refractivity contribution in [3.8, 4) is 5.75 Å². The fourth-order valence-electron chi connectivity index (χ4n) is 1.37. The molecule has 0 heterocycles. The first-order valence-electron chi connectivity index (χ1n) is 4.72. The molecule has 0 spiro atoms. The molecule has 0 aromatic heterocycles. The van der Waals surface area contributed by atoms with Crippen LogP contribution in [0.3, 0.4) is 0 Å². The van der Waals surface area contributed by atoms with Gasteiger partial charge < -0.3 is 14.3 Å². The molecule has 4 nitrogen and oxygen atoms in total. The molecule has 15 heavy (non-hydrogen) atoms. The van der Waals surface area contributed by atoms with E-state index in [0.29, 0.717) is 13.2 Å². The highest BCUT2D eigenvalue weighted by molar-refractivity contribution is 5.36. The number of hydrogen-bond donors (Lipinski definition) is 1. The maximum Gasteiger partial charge on any atom is 0.124 e. The molecular formula is C11H17NO3. The molecule has 0 bridgehead atoms. The minimum Gasteiger partial charge on any atom is -0.496 e. The Kier molecular flexibility index (Phi) is 5.10. The Morgan fingerprint density at radius 3 is 2.60 bits per heavy atom. The topological polar surface area (TPSA) is 39.7 Å². The number of hydroxylamine groups is 1. The van der Waals surface area contributed by atoms with Gasteiger partial charge in [-0.15, -0.1) is 0 Å². The van der Waals surface area contributed by atoms with E-state index in [-0.39, 0.29) is 0 Å². The van der Waals surface area contributed by atoms with E-state index in [9.17, 15) is 0 Å². The Labute approximate surface area is 90.1 Å². The molecule has 0 atom stereocenters. The smallest absolute Gasteiger partial charge is 0.124 e. The van der Waals surface area contributed by atoms with Gasteiger partial charge in [-0.2, -0.15) is 5.48 Å². The number of ether oxygens (including phenoxy) is 2. The summed E-state index contributed by atoms with van der Waals surface area (Å²) in [7, 11) is 4.92. The molecule has 1 rings (SSSR count). The van der Waals surface area contributed by atoms with E-state index in [4.69, 9.17) is 14.3 Å². The molecular weight excluding hydrogens is 194 g/mol. The second-order valence-corrected chi connectivity index (χ2v) is 3.10. The van der Waals surface area contributed by atoms with Gasteiger partial charge in [-0.3, -0.25) is 0 Å². The minimum atomic E-state index is 0.546. The Morgan fingerprint density at radius 1 is 1.20 bits per heavy atom. The summed E-state index contributed by atoms with van der Waals surface area (Å²) in [5, 5.41) is 0. The number of benzene rings is 1. The van der Waals surface area contributed by atoms with Crippen molar-refractivity contribution >= 4 is 0 Å². The van der Waals surface area contributed by atoms with Crippen LogP contribution in [0.4, 0.5) is 0 Å². The third-order valence-corrected chi connectivity index (χ3v) is 2.07. The average molecular weight is 211 g/mol. The largest absolute Gasteiger partial charge is 0.496 e. The van der Waals surface area contributed by atoms with Crippen molar-refractivity contribution in [1.29, 1.82) is 0 Å². The summed E-state index contributed by atoms with van der Waals surface area (Å²) < 4.78 is 10.3. The summed E-state index contributed by atoms with van der Waals surface area (Å²) in [6.45, 7) is 1.21. The minimum absolute atomic E-state index is 0.546. The molecule has 0 aliphatic carbocycles. The third-order valence-electron chi connectivity index (χ3n) is 2.07. The molecule has 84 valence electrons. The maximum atomic E-state index is 5.23. The van der Waals surface area contributed by atoms with Gasteiger partial charge in [0.2, 0.25) is 0 Å². The highest BCUT2D eigenvalue weighted by Crippen LogP contribution is 2.20. The molecule has 0 aliphatic heterocycles. The van der Waals surface area contributed by atoms with Crippen LogP contribution < -0.4 is 10.2 Å². The second-order valence-electron chi connectivity index (χ2n) is 3.10. The van der Waals surface area contributed by atoms with Gasteiger partial charge in [0.25, 0.3) is 0 Å². The number of rotatable bonds is 6. The summed E-state index contributed by atoms with van der Waals surface area (Å²) in [6.07, 6.45) is 0. The summed E-state index contributed by atoms with van der Waals surface area (Å²) in [5.41, 5.74) is 4.96. The monoisotopic (exact) mass is 211 g/mol. The van der Waals surface area contributed by atoms with Crippen molar-refractivity contribution in [2.75, 3.05) is 21.3 Å². The Balaban J connectivity index is 2.79. The van der Waals surface area contributed by atoms with E-state index in [2.05, 4.69) is 5.48 Å². The van der Waals surface area contributed by atoms with Gasteiger partial charge in [0, 0.05) is 19.2 Å². The summed E-state index contributed by atoms with van der Waals surface area (Å²) in [6, 6.07) is 5.96. The van der Waals surface area contributed by atoms with Crippen LogP contribution in [0.25, 0.3) is 0 Å². The van der Waals surface area contributed by atoms with Gasteiger partial charge in [0.15, 0.2) is 0 Å². The first kappa shape index (κ1) is 12.0. The van der Waals surface area contributed by atoms with Crippen molar-refractivity contribution in [1.82, 2.24) is 5.48 Å². The van der Waals surface area contributed by atoms with Crippen molar-refractivity contribution in [3.05, 3.63) is 29.3 Å². The quantitative estimate of drug-likeness (QED) is 0.724. The van der Waals surface area contributed by atoms with Crippen molar-refractivity contribution in [2.24, 2.45) is 0 Å². The molecule has 0 radical (unpaired) electrons. The highest BCUT2D eigenvalue weighted by Gasteiger charge is 2.03. The normalized spacial score (nSPS) is 10.3. The van der Waals surface area contributed by atoms with Gasteiger partial charge in [0.05, 0.1) is 20.8 Å². The third kappa shape index (κ3) is 3.51.